The number of carbonyl (C=O) groups excluding carboxylic acids is 1. The van der Waals surface area contributed by atoms with Gasteiger partial charge in [-0.25, -0.2) is 4.98 Å². The van der Waals surface area contributed by atoms with Crippen molar-refractivity contribution in [2.24, 2.45) is 0 Å². The third-order valence-electron chi connectivity index (χ3n) is 5.43. The van der Waals surface area contributed by atoms with Gasteiger partial charge in [0.25, 0.3) is 5.91 Å². The third-order valence-corrected chi connectivity index (χ3v) is 5.43. The SMILES string of the molecule is Cc1ccc(CN(Cc2ccccc2)Cc2nc(C(=O)NCC3CCCO3)co2)cc1. The number of nitrogens with zero attached hydrogens (tertiary/aromatic N) is 2. The van der Waals surface area contributed by atoms with E-state index in [0.29, 0.717) is 24.7 Å². The van der Waals surface area contributed by atoms with Crippen LogP contribution in [0.15, 0.2) is 65.3 Å². The highest BCUT2D eigenvalue weighted by molar-refractivity contribution is 5.91. The Morgan fingerprint density at radius 2 is 1.81 bits per heavy atom. The molecule has 1 amide bonds. The fraction of sp³-hybridized carbons (Fsp3) is 0.360. The van der Waals surface area contributed by atoms with Gasteiger partial charge < -0.3 is 14.5 Å². The number of aryl methyl sites for hydroxylation is 1. The van der Waals surface area contributed by atoms with Crippen molar-refractivity contribution in [2.75, 3.05) is 13.2 Å². The van der Waals surface area contributed by atoms with E-state index in [4.69, 9.17) is 9.15 Å². The molecule has 0 saturated carbocycles. The number of carbonyl (C=O) groups is 1. The van der Waals surface area contributed by atoms with E-state index in [1.54, 1.807) is 0 Å². The maximum atomic E-state index is 12.4. The molecule has 3 aromatic rings. The zero-order chi connectivity index (χ0) is 21.5. The first-order chi connectivity index (χ1) is 15.2. The normalized spacial score (nSPS) is 16.0. The lowest BCUT2D eigenvalue weighted by molar-refractivity contribution is 0.0853. The lowest BCUT2D eigenvalue weighted by atomic mass is 10.1. The Morgan fingerprint density at radius 1 is 1.06 bits per heavy atom. The van der Waals surface area contributed by atoms with Crippen LogP contribution >= 0.6 is 0 Å². The predicted octanol–water partition coefficient (Wildman–Crippen LogP) is 4.09. The smallest absolute Gasteiger partial charge is 0.273 e. The molecule has 1 atom stereocenters. The summed E-state index contributed by atoms with van der Waals surface area (Å²) in [4.78, 5) is 19.1. The van der Waals surface area contributed by atoms with Crippen LogP contribution in [0.25, 0.3) is 0 Å². The van der Waals surface area contributed by atoms with Gasteiger partial charge in [-0.05, 0) is 30.9 Å². The molecule has 1 aromatic heterocycles. The second kappa shape index (κ2) is 10.4. The quantitative estimate of drug-likeness (QED) is 0.566. The van der Waals surface area contributed by atoms with E-state index in [2.05, 4.69) is 58.5 Å². The molecule has 4 rings (SSSR count). The molecule has 0 bridgehead atoms. The van der Waals surface area contributed by atoms with Crippen LogP contribution in [0.3, 0.4) is 0 Å². The monoisotopic (exact) mass is 419 g/mol. The van der Waals surface area contributed by atoms with E-state index in [0.717, 1.165) is 32.5 Å². The molecule has 6 heteroatoms. The summed E-state index contributed by atoms with van der Waals surface area (Å²) >= 11 is 0. The number of nitrogens with one attached hydrogen (secondary N) is 1. The topological polar surface area (TPSA) is 67.6 Å². The minimum atomic E-state index is -0.223. The van der Waals surface area contributed by atoms with Crippen LogP contribution in [-0.4, -0.2) is 35.0 Å². The molecule has 31 heavy (non-hydrogen) atoms. The van der Waals surface area contributed by atoms with Gasteiger partial charge in [-0.1, -0.05) is 60.2 Å². The fourth-order valence-electron chi connectivity index (χ4n) is 3.74. The van der Waals surface area contributed by atoms with Crippen molar-refractivity contribution < 1.29 is 13.9 Å². The second-order valence-corrected chi connectivity index (χ2v) is 8.09. The average molecular weight is 420 g/mol. The number of aromatic nitrogens is 1. The second-order valence-electron chi connectivity index (χ2n) is 8.09. The Balaban J connectivity index is 1.40. The van der Waals surface area contributed by atoms with Gasteiger partial charge in [0.05, 0.1) is 12.6 Å². The van der Waals surface area contributed by atoms with Gasteiger partial charge in [0, 0.05) is 26.2 Å². The molecule has 1 saturated heterocycles. The van der Waals surface area contributed by atoms with E-state index in [9.17, 15) is 4.79 Å². The minimum Gasteiger partial charge on any atom is -0.447 e. The van der Waals surface area contributed by atoms with Crippen molar-refractivity contribution in [1.82, 2.24) is 15.2 Å². The zero-order valence-electron chi connectivity index (χ0n) is 17.9. The summed E-state index contributed by atoms with van der Waals surface area (Å²) in [6, 6.07) is 18.9. The molecule has 1 aliphatic rings. The Kier molecular flexibility index (Phi) is 7.12. The average Bonchev–Trinajstić information content (AvgIpc) is 3.47. The molecule has 1 N–H and O–H groups in total. The van der Waals surface area contributed by atoms with Crippen molar-refractivity contribution in [2.45, 2.75) is 45.5 Å². The van der Waals surface area contributed by atoms with Crippen LogP contribution in [0.2, 0.25) is 0 Å². The number of rotatable bonds is 9. The molecule has 2 aromatic carbocycles. The summed E-state index contributed by atoms with van der Waals surface area (Å²) in [5.74, 6) is 0.309. The van der Waals surface area contributed by atoms with E-state index < -0.39 is 0 Å². The number of oxazole rings is 1. The van der Waals surface area contributed by atoms with Gasteiger partial charge in [0.15, 0.2) is 5.69 Å². The summed E-state index contributed by atoms with van der Waals surface area (Å²) in [7, 11) is 0. The van der Waals surface area contributed by atoms with Crippen LogP contribution in [-0.2, 0) is 24.4 Å². The lowest BCUT2D eigenvalue weighted by Gasteiger charge is -2.21. The Bertz CT molecular complexity index is 963. The number of ether oxygens (including phenoxy) is 1. The van der Waals surface area contributed by atoms with Gasteiger partial charge >= 0.3 is 0 Å². The highest BCUT2D eigenvalue weighted by Crippen LogP contribution is 2.15. The molecule has 1 unspecified atom stereocenters. The molecular formula is C25H29N3O3. The number of hydrogen-bond donors (Lipinski definition) is 1. The van der Waals surface area contributed by atoms with Crippen molar-refractivity contribution in [3.63, 3.8) is 0 Å². The highest BCUT2D eigenvalue weighted by atomic mass is 16.5. The van der Waals surface area contributed by atoms with E-state index >= 15 is 0 Å². The molecule has 0 radical (unpaired) electrons. The van der Waals surface area contributed by atoms with Crippen molar-refractivity contribution in [1.29, 1.82) is 0 Å². The Morgan fingerprint density at radius 3 is 2.52 bits per heavy atom. The summed E-state index contributed by atoms with van der Waals surface area (Å²) < 4.78 is 11.2. The van der Waals surface area contributed by atoms with Crippen LogP contribution < -0.4 is 5.32 Å². The number of benzene rings is 2. The maximum Gasteiger partial charge on any atom is 0.273 e. The summed E-state index contributed by atoms with van der Waals surface area (Å²) in [5, 5.41) is 2.89. The van der Waals surface area contributed by atoms with Crippen molar-refractivity contribution in [3.05, 3.63) is 89.1 Å². The molecule has 6 nitrogen and oxygen atoms in total. The molecule has 0 aliphatic carbocycles. The molecule has 1 fully saturated rings. The summed E-state index contributed by atoms with van der Waals surface area (Å²) in [5.41, 5.74) is 3.99. The van der Waals surface area contributed by atoms with Crippen LogP contribution in [0, 0.1) is 6.92 Å². The van der Waals surface area contributed by atoms with Crippen LogP contribution in [0.5, 0.6) is 0 Å². The van der Waals surface area contributed by atoms with E-state index in [-0.39, 0.29) is 12.0 Å². The highest BCUT2D eigenvalue weighted by Gasteiger charge is 2.19. The van der Waals surface area contributed by atoms with Gasteiger partial charge in [0.1, 0.15) is 6.26 Å². The first kappa shape index (κ1) is 21.3. The molecule has 0 spiro atoms. The van der Waals surface area contributed by atoms with Crippen molar-refractivity contribution in [3.8, 4) is 0 Å². The third kappa shape index (κ3) is 6.26. The number of amides is 1. The molecule has 2 heterocycles. The largest absolute Gasteiger partial charge is 0.447 e. The molecular weight excluding hydrogens is 390 g/mol. The standard InChI is InChI=1S/C25H29N3O3/c1-19-9-11-21(12-10-19)16-28(15-20-6-3-2-4-7-20)17-24-27-23(18-31-24)25(29)26-14-22-8-5-13-30-22/h2-4,6-7,9-12,18,22H,5,8,13-17H2,1H3,(H,26,29). The fourth-order valence-corrected chi connectivity index (χ4v) is 3.74. The van der Waals surface area contributed by atoms with Crippen LogP contribution in [0.1, 0.15) is 45.9 Å². The van der Waals surface area contributed by atoms with Gasteiger partial charge in [-0.3, -0.25) is 9.69 Å². The maximum absolute atomic E-state index is 12.4. The Hall–Kier alpha value is -2.96. The van der Waals surface area contributed by atoms with E-state index in [1.165, 1.54) is 23.0 Å². The lowest BCUT2D eigenvalue weighted by Crippen LogP contribution is -2.32. The summed E-state index contributed by atoms with van der Waals surface area (Å²) in [6.07, 6.45) is 3.57. The zero-order valence-corrected chi connectivity index (χ0v) is 17.9. The van der Waals surface area contributed by atoms with Crippen LogP contribution in [0.4, 0.5) is 0 Å². The minimum absolute atomic E-state index is 0.103. The molecule has 1 aliphatic heterocycles. The molecule has 162 valence electrons. The van der Waals surface area contributed by atoms with Crippen molar-refractivity contribution >= 4 is 5.91 Å². The Labute approximate surface area is 183 Å². The summed E-state index contributed by atoms with van der Waals surface area (Å²) in [6.45, 7) is 5.41. The van der Waals surface area contributed by atoms with Gasteiger partial charge in [0.2, 0.25) is 5.89 Å². The van der Waals surface area contributed by atoms with Gasteiger partial charge in [-0.15, -0.1) is 0 Å². The predicted molar refractivity (Wildman–Crippen MR) is 118 cm³/mol. The van der Waals surface area contributed by atoms with Gasteiger partial charge in [-0.2, -0.15) is 0 Å². The van der Waals surface area contributed by atoms with E-state index in [1.807, 2.05) is 18.2 Å². The number of hydrogen-bond acceptors (Lipinski definition) is 5. The first-order valence-corrected chi connectivity index (χ1v) is 10.8. The first-order valence-electron chi connectivity index (χ1n) is 10.8.